The summed E-state index contributed by atoms with van der Waals surface area (Å²) in [6, 6.07) is 1.76. The number of ether oxygens (including phenoxy) is 1. The van der Waals surface area contributed by atoms with Gasteiger partial charge in [-0.3, -0.25) is 9.59 Å². The molecule has 1 aliphatic carbocycles. The first kappa shape index (κ1) is 14.3. The third-order valence-electron chi connectivity index (χ3n) is 4.39. The van der Waals surface area contributed by atoms with E-state index >= 15 is 0 Å². The van der Waals surface area contributed by atoms with Gasteiger partial charge in [0.05, 0.1) is 5.69 Å². The van der Waals surface area contributed by atoms with Crippen LogP contribution in [0.2, 0.25) is 0 Å². The Morgan fingerprint density at radius 2 is 2.14 bits per heavy atom. The maximum atomic E-state index is 12.3. The van der Waals surface area contributed by atoms with Crippen LogP contribution in [0.15, 0.2) is 10.9 Å². The summed E-state index contributed by atoms with van der Waals surface area (Å²) in [6.07, 6.45) is 4.00. The highest BCUT2D eigenvalue weighted by Gasteiger charge is 2.26. The molecule has 21 heavy (non-hydrogen) atoms. The van der Waals surface area contributed by atoms with E-state index in [0.717, 1.165) is 36.9 Å². The number of hydrogen-bond acceptors (Lipinski definition) is 4. The lowest BCUT2D eigenvalue weighted by molar-refractivity contribution is -0.128. The molecule has 6 nitrogen and oxygen atoms in total. The maximum absolute atomic E-state index is 12.3. The molecule has 6 heteroatoms. The fraction of sp³-hybridized carbons (Fsp3) is 0.667. The third-order valence-corrected chi connectivity index (χ3v) is 4.39. The lowest BCUT2D eigenvalue weighted by Crippen LogP contribution is -2.43. The summed E-state index contributed by atoms with van der Waals surface area (Å²) in [5, 5.41) is 7.42. The molecule has 0 aromatic carbocycles. The van der Waals surface area contributed by atoms with E-state index in [1.54, 1.807) is 13.1 Å². The van der Waals surface area contributed by atoms with Gasteiger partial charge in [-0.25, -0.2) is 4.68 Å². The summed E-state index contributed by atoms with van der Waals surface area (Å²) in [6.45, 7) is 1.34. The Morgan fingerprint density at radius 3 is 2.90 bits per heavy atom. The maximum Gasteiger partial charge on any atom is 0.266 e. The molecule has 1 fully saturated rings. The highest BCUT2D eigenvalue weighted by molar-refractivity contribution is 5.79. The van der Waals surface area contributed by atoms with Crippen molar-refractivity contribution in [3.8, 4) is 0 Å². The largest absolute Gasteiger partial charge is 0.381 e. The summed E-state index contributed by atoms with van der Waals surface area (Å²) >= 11 is 0. The first-order valence-corrected chi connectivity index (χ1v) is 7.57. The molecule has 0 saturated carbocycles. The van der Waals surface area contributed by atoms with E-state index in [-0.39, 0.29) is 23.4 Å². The number of aromatic nitrogens is 2. The molecule has 114 valence electrons. The summed E-state index contributed by atoms with van der Waals surface area (Å²) in [7, 11) is 1.67. The average molecular weight is 291 g/mol. The molecule has 0 radical (unpaired) electrons. The highest BCUT2D eigenvalue weighted by Crippen LogP contribution is 2.20. The van der Waals surface area contributed by atoms with Gasteiger partial charge in [-0.15, -0.1) is 0 Å². The molecule has 1 atom stereocenters. The highest BCUT2D eigenvalue weighted by atomic mass is 16.5. The van der Waals surface area contributed by atoms with Crippen molar-refractivity contribution in [2.75, 3.05) is 13.2 Å². The molecule has 3 rings (SSSR count). The Morgan fingerprint density at radius 1 is 1.38 bits per heavy atom. The van der Waals surface area contributed by atoms with Gasteiger partial charge in [0, 0.05) is 38.3 Å². The lowest BCUT2D eigenvalue weighted by Gasteiger charge is -2.28. The van der Waals surface area contributed by atoms with Gasteiger partial charge in [0.15, 0.2) is 0 Å². The minimum Gasteiger partial charge on any atom is -0.381 e. The standard InChI is InChI=1S/C15H21N3O3/c1-18-14(19)9-11-8-12(2-3-13(11)17-18)16-15(20)10-4-6-21-7-5-10/h9-10,12H,2-8H2,1H3,(H,16,20)/t12-/m0/s1. The molecule has 1 N–H and O–H groups in total. The topological polar surface area (TPSA) is 73.2 Å². The van der Waals surface area contributed by atoms with Crippen LogP contribution in [0.1, 0.15) is 30.5 Å². The van der Waals surface area contributed by atoms with Crippen LogP contribution in [0.5, 0.6) is 0 Å². The monoisotopic (exact) mass is 291 g/mol. The Kier molecular flexibility index (Phi) is 4.05. The third kappa shape index (κ3) is 3.15. The number of amides is 1. The van der Waals surface area contributed by atoms with Crippen LogP contribution in [0.3, 0.4) is 0 Å². The molecule has 0 bridgehead atoms. The van der Waals surface area contributed by atoms with Crippen LogP contribution < -0.4 is 10.9 Å². The summed E-state index contributed by atoms with van der Waals surface area (Å²) in [5.74, 6) is 0.199. The molecule has 1 amide bonds. The van der Waals surface area contributed by atoms with E-state index < -0.39 is 0 Å². The van der Waals surface area contributed by atoms with Crippen molar-refractivity contribution in [1.29, 1.82) is 0 Å². The van der Waals surface area contributed by atoms with Crippen molar-refractivity contribution >= 4 is 5.91 Å². The van der Waals surface area contributed by atoms with Gasteiger partial charge in [0.2, 0.25) is 5.91 Å². The zero-order valence-electron chi connectivity index (χ0n) is 12.3. The second kappa shape index (κ2) is 5.97. The molecule has 0 spiro atoms. The number of aryl methyl sites for hydroxylation is 2. The fourth-order valence-electron chi connectivity index (χ4n) is 3.09. The molecular weight excluding hydrogens is 270 g/mol. The van der Waals surface area contributed by atoms with E-state index in [2.05, 4.69) is 10.4 Å². The second-order valence-corrected chi connectivity index (χ2v) is 5.91. The number of nitrogens with one attached hydrogen (secondary N) is 1. The minimum atomic E-state index is -0.0924. The first-order valence-electron chi connectivity index (χ1n) is 7.57. The van der Waals surface area contributed by atoms with Gasteiger partial charge in [0.1, 0.15) is 0 Å². The van der Waals surface area contributed by atoms with E-state index in [1.165, 1.54) is 4.68 Å². The Balaban J connectivity index is 1.64. The molecule has 0 unspecified atom stereocenters. The van der Waals surface area contributed by atoms with Crippen molar-refractivity contribution in [2.45, 2.75) is 38.1 Å². The number of carbonyl (C=O) groups is 1. The lowest BCUT2D eigenvalue weighted by atomic mass is 9.91. The molecule has 1 aromatic heterocycles. The zero-order valence-corrected chi connectivity index (χ0v) is 12.3. The van der Waals surface area contributed by atoms with E-state index in [0.29, 0.717) is 19.6 Å². The molecule has 2 aliphatic rings. The smallest absolute Gasteiger partial charge is 0.266 e. The Labute approximate surface area is 123 Å². The van der Waals surface area contributed by atoms with Gasteiger partial charge >= 0.3 is 0 Å². The molecular formula is C15H21N3O3. The summed E-state index contributed by atoms with van der Waals surface area (Å²) in [4.78, 5) is 23.9. The SMILES string of the molecule is Cn1nc2c(cc1=O)C[C@@H](NC(=O)C1CCOCC1)CC2. The zero-order chi connectivity index (χ0) is 14.8. The summed E-state index contributed by atoms with van der Waals surface area (Å²) < 4.78 is 6.66. The van der Waals surface area contributed by atoms with Crippen molar-refractivity contribution < 1.29 is 9.53 Å². The van der Waals surface area contributed by atoms with Crippen molar-refractivity contribution in [2.24, 2.45) is 13.0 Å². The molecule has 1 aromatic rings. The number of carbonyl (C=O) groups excluding carboxylic acids is 1. The van der Waals surface area contributed by atoms with Crippen LogP contribution in [-0.4, -0.2) is 34.9 Å². The Hall–Kier alpha value is -1.69. The first-order chi connectivity index (χ1) is 10.1. The van der Waals surface area contributed by atoms with Crippen LogP contribution in [-0.2, 0) is 29.4 Å². The number of fused-ring (bicyclic) bond motifs is 1. The van der Waals surface area contributed by atoms with Crippen LogP contribution >= 0.6 is 0 Å². The van der Waals surface area contributed by atoms with Crippen molar-refractivity contribution in [1.82, 2.24) is 15.1 Å². The molecule has 2 heterocycles. The van der Waals surface area contributed by atoms with Crippen molar-refractivity contribution in [3.63, 3.8) is 0 Å². The van der Waals surface area contributed by atoms with E-state index in [4.69, 9.17) is 4.74 Å². The second-order valence-electron chi connectivity index (χ2n) is 5.91. The van der Waals surface area contributed by atoms with Gasteiger partial charge in [-0.1, -0.05) is 0 Å². The molecule has 1 aliphatic heterocycles. The van der Waals surface area contributed by atoms with Crippen LogP contribution in [0, 0.1) is 5.92 Å². The summed E-state index contributed by atoms with van der Waals surface area (Å²) in [5.41, 5.74) is 1.86. The van der Waals surface area contributed by atoms with Gasteiger partial charge in [-0.2, -0.15) is 5.10 Å². The van der Waals surface area contributed by atoms with Crippen LogP contribution in [0.25, 0.3) is 0 Å². The minimum absolute atomic E-state index is 0.0712. The van der Waals surface area contributed by atoms with Crippen LogP contribution in [0.4, 0.5) is 0 Å². The quantitative estimate of drug-likeness (QED) is 0.843. The van der Waals surface area contributed by atoms with E-state index in [9.17, 15) is 9.59 Å². The number of hydrogen-bond donors (Lipinski definition) is 1. The predicted molar refractivity (Wildman–Crippen MR) is 77.0 cm³/mol. The van der Waals surface area contributed by atoms with Gasteiger partial charge in [0.25, 0.3) is 5.56 Å². The molecule has 1 saturated heterocycles. The van der Waals surface area contributed by atoms with E-state index in [1.807, 2.05) is 0 Å². The van der Waals surface area contributed by atoms with Gasteiger partial charge in [-0.05, 0) is 37.7 Å². The Bertz CT molecular complexity index is 590. The number of nitrogens with zero attached hydrogens (tertiary/aromatic N) is 2. The fourth-order valence-corrected chi connectivity index (χ4v) is 3.09. The van der Waals surface area contributed by atoms with Gasteiger partial charge < -0.3 is 10.1 Å². The average Bonchev–Trinajstić information content (AvgIpc) is 2.49. The normalized spacial score (nSPS) is 22.6. The number of rotatable bonds is 2. The van der Waals surface area contributed by atoms with Crippen molar-refractivity contribution in [3.05, 3.63) is 27.7 Å². The predicted octanol–water partition coefficient (Wildman–Crippen LogP) is 0.180.